The van der Waals surface area contributed by atoms with E-state index >= 15 is 0 Å². The second-order valence-corrected chi connectivity index (χ2v) is 5.98. The molecule has 3 unspecified atom stereocenters. The third kappa shape index (κ3) is 1.93. The van der Waals surface area contributed by atoms with Gasteiger partial charge in [0.2, 0.25) is 0 Å². The lowest BCUT2D eigenvalue weighted by atomic mass is 9.93. The van der Waals surface area contributed by atoms with E-state index in [1.54, 1.807) is 0 Å². The summed E-state index contributed by atoms with van der Waals surface area (Å²) in [5, 5.41) is 3.59. The minimum atomic E-state index is 0.814. The molecule has 1 aromatic heterocycles. The van der Waals surface area contributed by atoms with Gasteiger partial charge < -0.3 is 10.3 Å². The van der Waals surface area contributed by atoms with Crippen LogP contribution in [-0.2, 0) is 0 Å². The van der Waals surface area contributed by atoms with Crippen LogP contribution < -0.4 is 5.32 Å². The first-order chi connectivity index (χ1) is 9.28. The number of allylic oxidation sites excluding steroid dienone is 2. The monoisotopic (exact) mass is 253 g/mol. The molecule has 19 heavy (non-hydrogen) atoms. The molecular formula is C16H19N3. The molecule has 3 atom stereocenters. The number of benzene rings is 1. The third-order valence-corrected chi connectivity index (χ3v) is 4.59. The molecule has 1 heterocycles. The molecule has 1 saturated carbocycles. The van der Waals surface area contributed by atoms with Crippen molar-refractivity contribution in [1.29, 1.82) is 0 Å². The highest BCUT2D eigenvalue weighted by molar-refractivity contribution is 5.79. The summed E-state index contributed by atoms with van der Waals surface area (Å²) in [6.45, 7) is 3.08. The molecule has 2 N–H and O–H groups in total. The molecule has 0 saturated heterocycles. The number of anilines is 1. The van der Waals surface area contributed by atoms with Gasteiger partial charge in [-0.25, -0.2) is 4.98 Å². The zero-order valence-corrected chi connectivity index (χ0v) is 11.2. The normalized spacial score (nSPS) is 28.4. The summed E-state index contributed by atoms with van der Waals surface area (Å²) in [5.74, 6) is 3.46. The van der Waals surface area contributed by atoms with E-state index in [2.05, 4.69) is 45.6 Å². The molecular weight excluding hydrogens is 234 g/mol. The number of H-pyrrole nitrogens is 1. The first-order valence-electron chi connectivity index (χ1n) is 7.16. The third-order valence-electron chi connectivity index (χ3n) is 4.59. The van der Waals surface area contributed by atoms with Gasteiger partial charge in [0.05, 0.1) is 11.0 Å². The summed E-state index contributed by atoms with van der Waals surface area (Å²) in [5.41, 5.74) is 3.36. The molecule has 2 bridgehead atoms. The molecule has 1 aromatic carbocycles. The van der Waals surface area contributed by atoms with Crippen LogP contribution in [0.25, 0.3) is 11.0 Å². The van der Waals surface area contributed by atoms with Crippen molar-refractivity contribution in [2.45, 2.75) is 19.8 Å². The van der Waals surface area contributed by atoms with Crippen LogP contribution >= 0.6 is 0 Å². The van der Waals surface area contributed by atoms with Crippen molar-refractivity contribution in [3.63, 3.8) is 0 Å². The van der Waals surface area contributed by atoms with E-state index < -0.39 is 0 Å². The predicted molar refractivity (Wildman–Crippen MR) is 78.2 cm³/mol. The van der Waals surface area contributed by atoms with Crippen LogP contribution in [0.3, 0.4) is 0 Å². The molecule has 98 valence electrons. The minimum Gasteiger partial charge on any atom is -0.385 e. The molecule has 3 heteroatoms. The number of hydrogen-bond acceptors (Lipinski definition) is 2. The molecule has 2 aliphatic carbocycles. The zero-order valence-electron chi connectivity index (χ0n) is 11.2. The quantitative estimate of drug-likeness (QED) is 0.822. The van der Waals surface area contributed by atoms with E-state index in [1.807, 2.05) is 6.92 Å². The average molecular weight is 253 g/mol. The van der Waals surface area contributed by atoms with Gasteiger partial charge in [0.25, 0.3) is 0 Å². The number of aromatic nitrogens is 2. The van der Waals surface area contributed by atoms with Crippen molar-refractivity contribution in [3.8, 4) is 0 Å². The van der Waals surface area contributed by atoms with Crippen LogP contribution in [0, 0.1) is 24.7 Å². The Bertz CT molecular complexity index is 640. The zero-order chi connectivity index (χ0) is 12.8. The van der Waals surface area contributed by atoms with E-state index in [0.29, 0.717) is 0 Å². The van der Waals surface area contributed by atoms with Gasteiger partial charge in [-0.2, -0.15) is 0 Å². The summed E-state index contributed by atoms with van der Waals surface area (Å²) in [6.07, 6.45) is 7.56. The molecule has 0 radical (unpaired) electrons. The topological polar surface area (TPSA) is 40.7 Å². The molecule has 1 fully saturated rings. The standard InChI is InChI=1S/C16H19N3/c1-10-18-15-5-4-14(8-16(15)19-10)17-9-13-7-11-2-3-12(13)6-11/h2-5,8,11-13,17H,6-7,9H2,1H3,(H,18,19). The number of nitrogens with one attached hydrogen (secondary N) is 2. The van der Waals surface area contributed by atoms with Gasteiger partial charge in [0.1, 0.15) is 5.82 Å². The average Bonchev–Trinajstić information content (AvgIpc) is 3.08. The van der Waals surface area contributed by atoms with E-state index in [-0.39, 0.29) is 0 Å². The lowest BCUT2D eigenvalue weighted by Crippen LogP contribution is -2.18. The van der Waals surface area contributed by atoms with Crippen LogP contribution in [-0.4, -0.2) is 16.5 Å². The van der Waals surface area contributed by atoms with Crippen LogP contribution in [0.2, 0.25) is 0 Å². The van der Waals surface area contributed by atoms with Gasteiger partial charge in [-0.15, -0.1) is 0 Å². The van der Waals surface area contributed by atoms with Crippen LogP contribution in [0.4, 0.5) is 5.69 Å². The smallest absolute Gasteiger partial charge is 0.104 e. The maximum Gasteiger partial charge on any atom is 0.104 e. The van der Waals surface area contributed by atoms with E-state index in [0.717, 1.165) is 41.2 Å². The second-order valence-electron chi connectivity index (χ2n) is 5.98. The molecule has 2 aliphatic rings. The van der Waals surface area contributed by atoms with Gasteiger partial charge in [0.15, 0.2) is 0 Å². The summed E-state index contributed by atoms with van der Waals surface area (Å²) in [7, 11) is 0. The fraction of sp³-hybridized carbons (Fsp3) is 0.438. The number of imidazole rings is 1. The summed E-state index contributed by atoms with van der Waals surface area (Å²) >= 11 is 0. The van der Waals surface area contributed by atoms with E-state index in [1.165, 1.54) is 18.5 Å². The van der Waals surface area contributed by atoms with Crippen molar-refractivity contribution in [2.75, 3.05) is 11.9 Å². The molecule has 2 aromatic rings. The van der Waals surface area contributed by atoms with E-state index in [9.17, 15) is 0 Å². The Labute approximate surface area is 113 Å². The molecule has 4 rings (SSSR count). The highest BCUT2D eigenvalue weighted by Crippen LogP contribution is 2.43. The molecule has 3 nitrogen and oxygen atoms in total. The first-order valence-corrected chi connectivity index (χ1v) is 7.16. The number of aromatic amines is 1. The van der Waals surface area contributed by atoms with Crippen LogP contribution in [0.5, 0.6) is 0 Å². The number of nitrogens with zero attached hydrogens (tertiary/aromatic N) is 1. The second kappa shape index (κ2) is 4.12. The SMILES string of the molecule is Cc1nc2ccc(NCC3CC4C=CC3C4)cc2[nH]1. The fourth-order valence-electron chi connectivity index (χ4n) is 3.63. The Morgan fingerprint density at radius 2 is 2.26 bits per heavy atom. The Morgan fingerprint density at radius 3 is 3.05 bits per heavy atom. The Kier molecular flexibility index (Phi) is 2.40. The maximum atomic E-state index is 4.43. The molecule has 0 amide bonds. The molecule has 0 spiro atoms. The Hall–Kier alpha value is -1.77. The van der Waals surface area contributed by atoms with Crippen molar-refractivity contribution < 1.29 is 0 Å². The Morgan fingerprint density at radius 1 is 1.32 bits per heavy atom. The summed E-state index contributed by atoms with van der Waals surface area (Å²) < 4.78 is 0. The van der Waals surface area contributed by atoms with Gasteiger partial charge >= 0.3 is 0 Å². The van der Waals surface area contributed by atoms with Gasteiger partial charge in [-0.05, 0) is 55.7 Å². The van der Waals surface area contributed by atoms with Crippen LogP contribution in [0.15, 0.2) is 30.4 Å². The van der Waals surface area contributed by atoms with Gasteiger partial charge in [0, 0.05) is 12.2 Å². The number of rotatable bonds is 3. The summed E-state index contributed by atoms with van der Waals surface area (Å²) in [4.78, 5) is 7.72. The molecule has 0 aliphatic heterocycles. The van der Waals surface area contributed by atoms with Gasteiger partial charge in [-0.1, -0.05) is 12.2 Å². The highest BCUT2D eigenvalue weighted by Gasteiger charge is 2.35. The fourth-order valence-corrected chi connectivity index (χ4v) is 3.63. The first kappa shape index (κ1) is 11.1. The van der Waals surface area contributed by atoms with Crippen LogP contribution in [0.1, 0.15) is 18.7 Å². The van der Waals surface area contributed by atoms with Crippen molar-refractivity contribution in [2.24, 2.45) is 17.8 Å². The van der Waals surface area contributed by atoms with Crippen molar-refractivity contribution in [1.82, 2.24) is 9.97 Å². The maximum absolute atomic E-state index is 4.43. The Balaban J connectivity index is 1.47. The summed E-state index contributed by atoms with van der Waals surface area (Å²) in [6, 6.07) is 6.38. The lowest BCUT2D eigenvalue weighted by molar-refractivity contribution is 0.472. The lowest BCUT2D eigenvalue weighted by Gasteiger charge is -2.19. The van der Waals surface area contributed by atoms with Crippen molar-refractivity contribution in [3.05, 3.63) is 36.2 Å². The number of fused-ring (bicyclic) bond motifs is 3. The van der Waals surface area contributed by atoms with Crippen molar-refractivity contribution >= 4 is 16.7 Å². The predicted octanol–water partition coefficient (Wildman–Crippen LogP) is 3.50. The largest absolute Gasteiger partial charge is 0.385 e. The van der Waals surface area contributed by atoms with Gasteiger partial charge in [-0.3, -0.25) is 0 Å². The minimum absolute atomic E-state index is 0.814. The highest BCUT2D eigenvalue weighted by atomic mass is 14.9. The van der Waals surface area contributed by atoms with E-state index in [4.69, 9.17) is 0 Å². The number of hydrogen-bond donors (Lipinski definition) is 2. The number of aryl methyl sites for hydroxylation is 1.